The van der Waals surface area contributed by atoms with Crippen molar-refractivity contribution >= 4 is 27.8 Å². The Morgan fingerprint density at radius 3 is 2.40 bits per heavy atom. The number of carboxylic acid groups (broad SMARTS) is 1. The number of benzene rings is 3. The monoisotopic (exact) mass is 398 g/mol. The molecule has 0 aliphatic carbocycles. The maximum atomic E-state index is 13.6. The van der Waals surface area contributed by atoms with Crippen LogP contribution in [0.25, 0.3) is 44.4 Å². The minimum absolute atomic E-state index is 0.00123. The summed E-state index contributed by atoms with van der Waals surface area (Å²) in [5.74, 6) is -1.01. The van der Waals surface area contributed by atoms with Gasteiger partial charge < -0.3 is 9.63 Å². The first kappa shape index (κ1) is 18.0. The molecule has 0 unspecified atom stereocenters. The largest absolute Gasteiger partial charge is 0.478 e. The number of hydrogen-bond donors (Lipinski definition) is 1. The van der Waals surface area contributed by atoms with Crippen molar-refractivity contribution < 1.29 is 18.8 Å². The summed E-state index contributed by atoms with van der Waals surface area (Å²) in [5, 5.41) is 14.8. The van der Waals surface area contributed by atoms with E-state index in [2.05, 4.69) is 10.1 Å². The van der Waals surface area contributed by atoms with Crippen molar-refractivity contribution in [3.8, 4) is 22.6 Å². The highest BCUT2D eigenvalue weighted by atomic mass is 19.1. The number of carboxylic acids is 1. The van der Waals surface area contributed by atoms with E-state index in [0.717, 1.165) is 16.5 Å². The van der Waals surface area contributed by atoms with Crippen LogP contribution in [-0.2, 0) is 0 Å². The van der Waals surface area contributed by atoms with Gasteiger partial charge in [0.1, 0.15) is 11.3 Å². The predicted molar refractivity (Wildman–Crippen MR) is 112 cm³/mol. The molecule has 0 amide bonds. The van der Waals surface area contributed by atoms with E-state index in [1.807, 2.05) is 49.4 Å². The standard InChI is InChI=1S/C24H15FN2O3/c1-13-2-4-14(5-3-13)23-19-10-15(6-8-21(19)27-30-23)22-12-18(24(28)29)17-11-16(25)7-9-20(17)26-22/h2-12H,1H3,(H,28,29). The van der Waals surface area contributed by atoms with E-state index in [0.29, 0.717) is 28.1 Å². The lowest BCUT2D eigenvalue weighted by molar-refractivity contribution is 0.0699. The first-order valence-electron chi connectivity index (χ1n) is 9.30. The van der Waals surface area contributed by atoms with E-state index in [-0.39, 0.29) is 10.9 Å². The molecule has 0 saturated carbocycles. The SMILES string of the molecule is Cc1ccc(-c2onc3ccc(-c4cc(C(=O)O)c5cc(F)ccc5n4)cc23)cc1. The summed E-state index contributed by atoms with van der Waals surface area (Å²) >= 11 is 0. The lowest BCUT2D eigenvalue weighted by Gasteiger charge is -2.08. The number of nitrogens with zero attached hydrogens (tertiary/aromatic N) is 2. The summed E-state index contributed by atoms with van der Waals surface area (Å²) in [7, 11) is 0. The fraction of sp³-hybridized carbons (Fsp3) is 0.0417. The molecule has 6 heteroatoms. The highest BCUT2D eigenvalue weighted by Gasteiger charge is 2.16. The Morgan fingerprint density at radius 1 is 0.900 bits per heavy atom. The maximum Gasteiger partial charge on any atom is 0.336 e. The molecule has 146 valence electrons. The quantitative estimate of drug-likeness (QED) is 0.412. The number of halogens is 1. The van der Waals surface area contributed by atoms with Crippen LogP contribution in [0.15, 0.2) is 71.3 Å². The summed E-state index contributed by atoms with van der Waals surface area (Å²) in [6.07, 6.45) is 0. The Hall–Kier alpha value is -4.06. The zero-order valence-electron chi connectivity index (χ0n) is 15.9. The fourth-order valence-corrected chi connectivity index (χ4v) is 3.54. The van der Waals surface area contributed by atoms with Gasteiger partial charge >= 0.3 is 5.97 Å². The van der Waals surface area contributed by atoms with Crippen molar-refractivity contribution in [2.24, 2.45) is 0 Å². The highest BCUT2D eigenvalue weighted by molar-refractivity contribution is 6.04. The first-order valence-corrected chi connectivity index (χ1v) is 9.30. The molecule has 0 radical (unpaired) electrons. The second kappa shape index (κ2) is 6.77. The average molecular weight is 398 g/mol. The summed E-state index contributed by atoms with van der Waals surface area (Å²) in [4.78, 5) is 16.3. The molecule has 0 atom stereocenters. The van der Waals surface area contributed by atoms with Crippen LogP contribution < -0.4 is 0 Å². The number of carbonyl (C=O) groups is 1. The summed E-state index contributed by atoms with van der Waals surface area (Å²) in [6, 6.07) is 18.8. The Bertz CT molecular complexity index is 1440. The van der Waals surface area contributed by atoms with Crippen molar-refractivity contribution in [1.82, 2.24) is 10.1 Å². The molecule has 0 fully saturated rings. The fourth-order valence-electron chi connectivity index (χ4n) is 3.54. The molecule has 5 nitrogen and oxygen atoms in total. The number of rotatable bonds is 3. The van der Waals surface area contributed by atoms with Crippen LogP contribution in [0.3, 0.4) is 0 Å². The van der Waals surface area contributed by atoms with Gasteiger partial charge in [0.2, 0.25) is 0 Å². The number of hydrogen-bond acceptors (Lipinski definition) is 4. The third kappa shape index (κ3) is 2.99. The number of pyridine rings is 1. The van der Waals surface area contributed by atoms with Crippen LogP contribution >= 0.6 is 0 Å². The van der Waals surface area contributed by atoms with Crippen LogP contribution in [0, 0.1) is 12.7 Å². The number of aryl methyl sites for hydroxylation is 1. The summed E-state index contributed by atoms with van der Waals surface area (Å²) in [6.45, 7) is 2.01. The van der Waals surface area contributed by atoms with Crippen LogP contribution in [0.4, 0.5) is 4.39 Å². The first-order chi connectivity index (χ1) is 14.5. The topological polar surface area (TPSA) is 76.2 Å². The van der Waals surface area contributed by atoms with Gasteiger partial charge in [-0.3, -0.25) is 0 Å². The van der Waals surface area contributed by atoms with E-state index in [4.69, 9.17) is 4.52 Å². The smallest absolute Gasteiger partial charge is 0.336 e. The Labute approximate surface area is 170 Å². The van der Waals surface area contributed by atoms with Gasteiger partial charge in [0.25, 0.3) is 0 Å². The Kier molecular flexibility index (Phi) is 4.06. The van der Waals surface area contributed by atoms with E-state index < -0.39 is 11.8 Å². The third-order valence-corrected chi connectivity index (χ3v) is 5.09. The Morgan fingerprint density at radius 2 is 1.63 bits per heavy atom. The van der Waals surface area contributed by atoms with Gasteiger partial charge in [0.05, 0.1) is 22.2 Å². The van der Waals surface area contributed by atoms with Crippen LogP contribution in [0.1, 0.15) is 15.9 Å². The van der Waals surface area contributed by atoms with Gasteiger partial charge in [-0.1, -0.05) is 41.1 Å². The van der Waals surface area contributed by atoms with Crippen molar-refractivity contribution in [2.75, 3.05) is 0 Å². The van der Waals surface area contributed by atoms with Gasteiger partial charge in [-0.2, -0.15) is 0 Å². The second-order valence-corrected chi connectivity index (χ2v) is 7.13. The van der Waals surface area contributed by atoms with Crippen LogP contribution in [-0.4, -0.2) is 21.2 Å². The second-order valence-electron chi connectivity index (χ2n) is 7.13. The molecule has 0 saturated heterocycles. The Balaban J connectivity index is 1.70. The van der Waals surface area contributed by atoms with Gasteiger partial charge in [0.15, 0.2) is 5.76 Å². The highest BCUT2D eigenvalue weighted by Crippen LogP contribution is 2.33. The molecule has 2 aromatic heterocycles. The lowest BCUT2D eigenvalue weighted by Crippen LogP contribution is -2.00. The molecule has 3 aromatic carbocycles. The van der Waals surface area contributed by atoms with Gasteiger partial charge in [-0.05, 0) is 43.3 Å². The van der Waals surface area contributed by atoms with E-state index in [1.54, 1.807) is 0 Å². The number of fused-ring (bicyclic) bond motifs is 2. The molecule has 0 aliphatic rings. The zero-order chi connectivity index (χ0) is 20.8. The van der Waals surface area contributed by atoms with E-state index in [1.165, 1.54) is 24.3 Å². The molecule has 0 bridgehead atoms. The van der Waals surface area contributed by atoms with Gasteiger partial charge in [0, 0.05) is 16.5 Å². The van der Waals surface area contributed by atoms with Crippen LogP contribution in [0.2, 0.25) is 0 Å². The van der Waals surface area contributed by atoms with Crippen molar-refractivity contribution in [1.29, 1.82) is 0 Å². The molecular formula is C24H15FN2O3. The number of aromatic carboxylic acids is 1. The number of aromatic nitrogens is 2. The third-order valence-electron chi connectivity index (χ3n) is 5.09. The minimum atomic E-state index is -1.14. The van der Waals surface area contributed by atoms with Crippen molar-refractivity contribution in [3.05, 3.63) is 83.7 Å². The predicted octanol–water partition coefficient (Wildman–Crippen LogP) is 5.86. The molecule has 0 spiro atoms. The van der Waals surface area contributed by atoms with Gasteiger partial charge in [-0.25, -0.2) is 14.2 Å². The lowest BCUT2D eigenvalue weighted by atomic mass is 10.0. The molecule has 30 heavy (non-hydrogen) atoms. The molecule has 5 rings (SSSR count). The van der Waals surface area contributed by atoms with E-state index in [9.17, 15) is 14.3 Å². The maximum absolute atomic E-state index is 13.6. The summed E-state index contributed by atoms with van der Waals surface area (Å²) in [5.41, 5.74) is 4.33. The molecule has 2 heterocycles. The van der Waals surface area contributed by atoms with Crippen molar-refractivity contribution in [3.63, 3.8) is 0 Å². The molecular weight excluding hydrogens is 383 g/mol. The van der Waals surface area contributed by atoms with E-state index >= 15 is 0 Å². The summed E-state index contributed by atoms with van der Waals surface area (Å²) < 4.78 is 19.2. The zero-order valence-corrected chi connectivity index (χ0v) is 15.9. The molecule has 5 aromatic rings. The van der Waals surface area contributed by atoms with Gasteiger partial charge in [-0.15, -0.1) is 0 Å². The normalized spacial score (nSPS) is 11.3. The molecule has 1 N–H and O–H groups in total. The average Bonchev–Trinajstić information content (AvgIpc) is 3.16. The minimum Gasteiger partial charge on any atom is -0.478 e. The van der Waals surface area contributed by atoms with Crippen LogP contribution in [0.5, 0.6) is 0 Å². The van der Waals surface area contributed by atoms with Crippen molar-refractivity contribution in [2.45, 2.75) is 6.92 Å². The molecule has 0 aliphatic heterocycles.